The largest absolute Gasteiger partial charge is 0.477 e. The van der Waals surface area contributed by atoms with Crippen molar-refractivity contribution in [1.29, 1.82) is 0 Å². The molecule has 0 aromatic rings. The van der Waals surface area contributed by atoms with Gasteiger partial charge in [0.25, 0.3) is 0 Å². The second-order valence-electron chi connectivity index (χ2n) is 2.34. The lowest BCUT2D eigenvalue weighted by Gasteiger charge is -2.21. The molecule has 12 heavy (non-hydrogen) atoms. The van der Waals surface area contributed by atoms with Crippen molar-refractivity contribution in [3.8, 4) is 0 Å². The van der Waals surface area contributed by atoms with E-state index in [0.29, 0.717) is 0 Å². The summed E-state index contributed by atoms with van der Waals surface area (Å²) in [6.45, 7) is 0.178. The van der Waals surface area contributed by atoms with Crippen LogP contribution in [0.1, 0.15) is 0 Å². The number of nitrogens with one attached hydrogen (secondary N) is 1. The molecule has 0 saturated heterocycles. The summed E-state index contributed by atoms with van der Waals surface area (Å²) in [5.74, 6) is -0.776. The summed E-state index contributed by atoms with van der Waals surface area (Å²) in [5, 5.41) is 10.7. The predicted molar refractivity (Wildman–Crippen MR) is 44.7 cm³/mol. The molecule has 1 aliphatic heterocycles. The fourth-order valence-electron chi connectivity index (χ4n) is 0.895. The van der Waals surface area contributed by atoms with Crippen LogP contribution in [0.15, 0.2) is 11.8 Å². The van der Waals surface area contributed by atoms with Crippen molar-refractivity contribution in [2.24, 2.45) is 5.73 Å². The smallest absolute Gasteiger partial charge is 0.351 e. The van der Waals surface area contributed by atoms with Gasteiger partial charge >= 0.3 is 5.97 Å². The highest BCUT2D eigenvalue weighted by Crippen LogP contribution is 2.04. The van der Waals surface area contributed by atoms with Crippen LogP contribution in [0, 0.1) is 0 Å². The van der Waals surface area contributed by atoms with E-state index < -0.39 is 22.1 Å². The Morgan fingerprint density at radius 2 is 2.58 bits per heavy atom. The topological polar surface area (TPSA) is 92.4 Å². The quantitative estimate of drug-likeness (QED) is 0.497. The molecular formula is C6H10N2O3S. The van der Waals surface area contributed by atoms with E-state index in [-0.39, 0.29) is 18.0 Å². The lowest BCUT2D eigenvalue weighted by molar-refractivity contribution is -0.133. The fourth-order valence-corrected chi connectivity index (χ4v) is 1.93. The number of nitrogens with two attached hydrogens (primary N) is 1. The summed E-state index contributed by atoms with van der Waals surface area (Å²) in [6, 6.07) is 0. The van der Waals surface area contributed by atoms with Crippen LogP contribution in [0.3, 0.4) is 0 Å². The van der Waals surface area contributed by atoms with Crippen molar-refractivity contribution in [2.75, 3.05) is 12.3 Å². The van der Waals surface area contributed by atoms with E-state index in [2.05, 4.69) is 5.32 Å². The summed E-state index contributed by atoms with van der Waals surface area (Å²) in [6.07, 6.45) is 1.41. The van der Waals surface area contributed by atoms with Gasteiger partial charge < -0.3 is 16.2 Å². The van der Waals surface area contributed by atoms with Crippen LogP contribution in [0.2, 0.25) is 0 Å². The van der Waals surface area contributed by atoms with Gasteiger partial charge in [0.1, 0.15) is 11.1 Å². The first-order valence-corrected chi connectivity index (χ1v) is 4.80. The summed E-state index contributed by atoms with van der Waals surface area (Å²) in [7, 11) is -1.09. The predicted octanol–water partition coefficient (Wildman–Crippen LogP) is -1.41. The highest BCUT2D eigenvalue weighted by molar-refractivity contribution is 7.85. The first-order valence-electron chi connectivity index (χ1n) is 3.42. The Morgan fingerprint density at radius 1 is 1.92 bits per heavy atom. The molecule has 1 aliphatic rings. The molecule has 0 aromatic heterocycles. The van der Waals surface area contributed by atoms with Crippen molar-refractivity contribution in [3.05, 3.63) is 11.8 Å². The Hall–Kier alpha value is -0.880. The molecule has 0 amide bonds. The van der Waals surface area contributed by atoms with Gasteiger partial charge in [-0.3, -0.25) is 4.21 Å². The van der Waals surface area contributed by atoms with Gasteiger partial charge in [-0.15, -0.1) is 0 Å². The molecule has 0 bridgehead atoms. The Kier molecular flexibility index (Phi) is 2.83. The van der Waals surface area contributed by atoms with Gasteiger partial charge in [0.15, 0.2) is 0 Å². The van der Waals surface area contributed by atoms with Crippen LogP contribution >= 0.6 is 0 Å². The Balaban J connectivity index is 2.73. The summed E-state index contributed by atoms with van der Waals surface area (Å²) >= 11 is 0. The van der Waals surface area contributed by atoms with Crippen LogP contribution in [0.4, 0.5) is 0 Å². The van der Waals surface area contributed by atoms with Crippen LogP contribution in [-0.4, -0.2) is 33.0 Å². The molecule has 6 heteroatoms. The van der Waals surface area contributed by atoms with Gasteiger partial charge in [-0.05, 0) is 6.08 Å². The lowest BCUT2D eigenvalue weighted by atomic mass is 10.4. The van der Waals surface area contributed by atoms with E-state index in [9.17, 15) is 9.00 Å². The van der Waals surface area contributed by atoms with E-state index in [1.165, 1.54) is 6.08 Å². The molecule has 0 aliphatic carbocycles. The Bertz CT molecular complexity index is 251. The second-order valence-corrected chi connectivity index (χ2v) is 4.00. The number of aliphatic carboxylic acids is 1. The number of hydrogen-bond donors (Lipinski definition) is 3. The molecule has 1 heterocycles. The maximum Gasteiger partial charge on any atom is 0.351 e. The normalized spacial score (nSPS) is 28.9. The minimum absolute atomic E-state index is 0.0880. The number of hydrogen-bond acceptors (Lipinski definition) is 4. The third kappa shape index (κ3) is 1.83. The fraction of sp³-hybridized carbons (Fsp3) is 0.500. The zero-order valence-corrected chi connectivity index (χ0v) is 7.13. The molecule has 2 unspecified atom stereocenters. The van der Waals surface area contributed by atoms with E-state index in [4.69, 9.17) is 10.8 Å². The summed E-state index contributed by atoms with van der Waals surface area (Å²) in [4.78, 5) is 10.5. The van der Waals surface area contributed by atoms with Gasteiger partial charge in [0, 0.05) is 23.1 Å². The zero-order valence-electron chi connectivity index (χ0n) is 6.32. The molecule has 0 saturated carbocycles. The monoisotopic (exact) mass is 190 g/mol. The van der Waals surface area contributed by atoms with Gasteiger partial charge in [-0.1, -0.05) is 0 Å². The summed E-state index contributed by atoms with van der Waals surface area (Å²) < 4.78 is 11.1. The van der Waals surface area contributed by atoms with Gasteiger partial charge in [0.2, 0.25) is 0 Å². The lowest BCUT2D eigenvalue weighted by Crippen LogP contribution is -2.44. The molecule has 2 atom stereocenters. The molecule has 0 radical (unpaired) electrons. The zero-order chi connectivity index (χ0) is 9.14. The Labute approximate surface area is 72.1 Å². The molecule has 5 nitrogen and oxygen atoms in total. The molecule has 0 aromatic carbocycles. The minimum atomic E-state index is -1.09. The maximum absolute atomic E-state index is 11.1. The van der Waals surface area contributed by atoms with Crippen molar-refractivity contribution in [2.45, 2.75) is 5.37 Å². The summed E-state index contributed by atoms with van der Waals surface area (Å²) in [5.41, 5.74) is 5.37. The van der Waals surface area contributed by atoms with Crippen LogP contribution in [0.5, 0.6) is 0 Å². The van der Waals surface area contributed by atoms with Crippen molar-refractivity contribution >= 4 is 16.8 Å². The molecular weight excluding hydrogens is 180 g/mol. The third-order valence-electron chi connectivity index (χ3n) is 1.53. The first-order chi connectivity index (χ1) is 5.65. The van der Waals surface area contributed by atoms with Gasteiger partial charge in [-0.25, -0.2) is 4.79 Å². The van der Waals surface area contributed by atoms with E-state index in [1.54, 1.807) is 0 Å². The maximum atomic E-state index is 11.1. The Morgan fingerprint density at radius 3 is 3.08 bits per heavy atom. The van der Waals surface area contributed by atoms with E-state index >= 15 is 0 Å². The molecule has 68 valence electrons. The van der Waals surface area contributed by atoms with Gasteiger partial charge in [-0.2, -0.15) is 0 Å². The third-order valence-corrected chi connectivity index (χ3v) is 2.97. The van der Waals surface area contributed by atoms with Crippen LogP contribution in [-0.2, 0) is 15.6 Å². The number of rotatable bonds is 2. The van der Waals surface area contributed by atoms with Gasteiger partial charge in [0.05, 0.1) is 0 Å². The second kappa shape index (κ2) is 3.68. The molecule has 1 rings (SSSR count). The van der Waals surface area contributed by atoms with Crippen LogP contribution in [0.25, 0.3) is 0 Å². The van der Waals surface area contributed by atoms with Crippen LogP contribution < -0.4 is 11.1 Å². The molecule has 0 spiro atoms. The van der Waals surface area contributed by atoms with Crippen molar-refractivity contribution in [1.82, 2.24) is 5.32 Å². The van der Waals surface area contributed by atoms with E-state index in [1.807, 2.05) is 0 Å². The average Bonchev–Trinajstić information content (AvgIpc) is 2.05. The number of carbonyl (C=O) groups is 1. The SMILES string of the molecule is NCC1NC(C(=O)O)=CCS1=O. The molecule has 0 fully saturated rings. The van der Waals surface area contributed by atoms with E-state index in [0.717, 1.165) is 0 Å². The highest BCUT2D eigenvalue weighted by Gasteiger charge is 2.22. The molecule has 4 N–H and O–H groups in total. The number of carboxylic acid groups (broad SMARTS) is 1. The first kappa shape index (κ1) is 9.21. The average molecular weight is 190 g/mol. The minimum Gasteiger partial charge on any atom is -0.477 e. The van der Waals surface area contributed by atoms with Crippen molar-refractivity contribution in [3.63, 3.8) is 0 Å². The standard InChI is InChI=1S/C6H10N2O3S/c7-3-5-8-4(6(9)10)1-2-12(5)11/h1,5,8H,2-3,7H2,(H,9,10). The highest BCUT2D eigenvalue weighted by atomic mass is 32.2. The van der Waals surface area contributed by atoms with Crippen molar-refractivity contribution < 1.29 is 14.1 Å². The number of carboxylic acids is 1.